The average molecular weight is 196 g/mol. The minimum atomic E-state index is 0.169. The van der Waals surface area contributed by atoms with E-state index in [4.69, 9.17) is 0 Å². The molecule has 1 saturated carbocycles. The van der Waals surface area contributed by atoms with Crippen molar-refractivity contribution in [3.63, 3.8) is 0 Å². The van der Waals surface area contributed by atoms with Crippen LogP contribution in [0.2, 0.25) is 0 Å². The fourth-order valence-electron chi connectivity index (χ4n) is 1.12. The van der Waals surface area contributed by atoms with E-state index < -0.39 is 0 Å². The Hall–Kier alpha value is -0.830. The van der Waals surface area contributed by atoms with Crippen LogP contribution in [0.25, 0.3) is 0 Å². The first-order valence-corrected chi connectivity index (χ1v) is 5.39. The molecule has 0 spiro atoms. The Morgan fingerprint density at radius 1 is 1.50 bits per heavy atom. The molecule has 0 aromatic rings. The van der Waals surface area contributed by atoms with Crippen LogP contribution in [-0.4, -0.2) is 25.0 Å². The van der Waals surface area contributed by atoms with Crippen molar-refractivity contribution < 1.29 is 4.79 Å². The summed E-state index contributed by atoms with van der Waals surface area (Å²) in [6.07, 6.45) is 3.90. The largest absolute Gasteiger partial charge is 0.353 e. The summed E-state index contributed by atoms with van der Waals surface area (Å²) < 4.78 is 0. The van der Waals surface area contributed by atoms with Gasteiger partial charge in [0.05, 0.1) is 0 Å². The summed E-state index contributed by atoms with van der Waals surface area (Å²) in [5.74, 6) is 0.169. The van der Waals surface area contributed by atoms with E-state index in [1.807, 2.05) is 0 Å². The SMILES string of the molecule is C=C(CC)CNCCC(=O)NC1CC1. The lowest BCUT2D eigenvalue weighted by atomic mass is 10.2. The second-order valence-corrected chi connectivity index (χ2v) is 3.87. The Morgan fingerprint density at radius 3 is 2.79 bits per heavy atom. The van der Waals surface area contributed by atoms with Crippen LogP contribution in [0.3, 0.4) is 0 Å². The van der Waals surface area contributed by atoms with Gasteiger partial charge in [0.2, 0.25) is 5.91 Å². The van der Waals surface area contributed by atoms with Crippen molar-refractivity contribution in [2.75, 3.05) is 13.1 Å². The number of nitrogens with one attached hydrogen (secondary N) is 2. The molecule has 0 heterocycles. The smallest absolute Gasteiger partial charge is 0.221 e. The van der Waals surface area contributed by atoms with E-state index in [0.29, 0.717) is 12.5 Å². The molecule has 0 bridgehead atoms. The van der Waals surface area contributed by atoms with Crippen LogP contribution in [-0.2, 0) is 4.79 Å². The summed E-state index contributed by atoms with van der Waals surface area (Å²) in [6, 6.07) is 0.480. The van der Waals surface area contributed by atoms with Crippen molar-refractivity contribution in [3.05, 3.63) is 12.2 Å². The quantitative estimate of drug-likeness (QED) is 0.474. The number of hydrogen-bond acceptors (Lipinski definition) is 2. The van der Waals surface area contributed by atoms with Crippen LogP contribution in [0.1, 0.15) is 32.6 Å². The maximum Gasteiger partial charge on any atom is 0.221 e. The summed E-state index contributed by atoms with van der Waals surface area (Å²) in [4.78, 5) is 11.2. The van der Waals surface area contributed by atoms with Crippen molar-refractivity contribution in [2.24, 2.45) is 0 Å². The van der Waals surface area contributed by atoms with Gasteiger partial charge in [-0.1, -0.05) is 19.1 Å². The van der Waals surface area contributed by atoms with Crippen molar-refractivity contribution in [3.8, 4) is 0 Å². The van der Waals surface area contributed by atoms with Gasteiger partial charge in [0, 0.05) is 25.6 Å². The van der Waals surface area contributed by atoms with Crippen molar-refractivity contribution in [1.82, 2.24) is 10.6 Å². The van der Waals surface area contributed by atoms with Gasteiger partial charge in [-0.15, -0.1) is 0 Å². The lowest BCUT2D eigenvalue weighted by molar-refractivity contribution is -0.121. The van der Waals surface area contributed by atoms with Crippen LogP contribution >= 0.6 is 0 Å². The first-order valence-electron chi connectivity index (χ1n) is 5.39. The molecule has 0 aliphatic heterocycles. The van der Waals surface area contributed by atoms with Crippen LogP contribution in [0, 0.1) is 0 Å². The van der Waals surface area contributed by atoms with Crippen LogP contribution in [0.4, 0.5) is 0 Å². The molecule has 14 heavy (non-hydrogen) atoms. The first kappa shape index (κ1) is 11.2. The second kappa shape index (κ2) is 5.81. The third-order valence-electron chi connectivity index (χ3n) is 2.35. The predicted octanol–water partition coefficient (Wildman–Crippen LogP) is 1.21. The minimum absolute atomic E-state index is 0.169. The van der Waals surface area contributed by atoms with E-state index in [2.05, 4.69) is 24.1 Å². The van der Waals surface area contributed by atoms with E-state index >= 15 is 0 Å². The standard InChI is InChI=1S/C11H20N2O/c1-3-9(2)8-12-7-6-11(14)13-10-4-5-10/h10,12H,2-8H2,1H3,(H,13,14). The van der Waals surface area contributed by atoms with Crippen LogP contribution < -0.4 is 10.6 Å². The van der Waals surface area contributed by atoms with Crippen molar-refractivity contribution in [2.45, 2.75) is 38.6 Å². The fraction of sp³-hybridized carbons (Fsp3) is 0.727. The third-order valence-corrected chi connectivity index (χ3v) is 2.35. The highest BCUT2D eigenvalue weighted by Crippen LogP contribution is 2.18. The maximum atomic E-state index is 11.2. The summed E-state index contributed by atoms with van der Waals surface area (Å²) in [6.45, 7) is 7.55. The van der Waals surface area contributed by atoms with Gasteiger partial charge in [0.25, 0.3) is 0 Å². The molecular formula is C11H20N2O. The van der Waals surface area contributed by atoms with Gasteiger partial charge in [-0.2, -0.15) is 0 Å². The van der Waals surface area contributed by atoms with Crippen LogP contribution in [0.5, 0.6) is 0 Å². The molecule has 1 aliphatic rings. The fourth-order valence-corrected chi connectivity index (χ4v) is 1.12. The van der Waals surface area contributed by atoms with Gasteiger partial charge in [-0.05, 0) is 19.3 Å². The summed E-state index contributed by atoms with van der Waals surface area (Å²) in [5, 5.41) is 6.15. The Bertz CT molecular complexity index is 209. The molecule has 3 heteroatoms. The predicted molar refractivity (Wildman–Crippen MR) is 58.1 cm³/mol. The van der Waals surface area contributed by atoms with Gasteiger partial charge >= 0.3 is 0 Å². The van der Waals surface area contributed by atoms with E-state index in [1.165, 1.54) is 5.57 Å². The Kier molecular flexibility index (Phi) is 4.66. The van der Waals surface area contributed by atoms with Gasteiger partial charge in [0.15, 0.2) is 0 Å². The van der Waals surface area contributed by atoms with E-state index in [1.54, 1.807) is 0 Å². The normalized spacial score (nSPS) is 15.2. The highest BCUT2D eigenvalue weighted by atomic mass is 16.1. The Morgan fingerprint density at radius 2 is 2.21 bits per heavy atom. The second-order valence-electron chi connectivity index (χ2n) is 3.87. The topological polar surface area (TPSA) is 41.1 Å². The number of hydrogen-bond donors (Lipinski definition) is 2. The molecule has 1 fully saturated rings. The molecule has 0 aromatic heterocycles. The molecule has 0 unspecified atom stereocenters. The first-order chi connectivity index (χ1) is 6.72. The average Bonchev–Trinajstić information content (AvgIpc) is 2.95. The van der Waals surface area contributed by atoms with Crippen molar-refractivity contribution >= 4 is 5.91 Å². The van der Waals surface area contributed by atoms with Gasteiger partial charge in [0.1, 0.15) is 0 Å². The lowest BCUT2D eigenvalue weighted by Crippen LogP contribution is -2.29. The highest BCUT2D eigenvalue weighted by molar-refractivity contribution is 5.76. The molecular weight excluding hydrogens is 176 g/mol. The van der Waals surface area contributed by atoms with E-state index in [-0.39, 0.29) is 5.91 Å². The molecule has 1 aliphatic carbocycles. The van der Waals surface area contributed by atoms with Gasteiger partial charge < -0.3 is 10.6 Å². The number of carbonyl (C=O) groups excluding carboxylic acids is 1. The van der Waals surface area contributed by atoms with E-state index in [9.17, 15) is 4.79 Å². The highest BCUT2D eigenvalue weighted by Gasteiger charge is 2.22. The molecule has 3 nitrogen and oxygen atoms in total. The molecule has 0 saturated heterocycles. The summed E-state index contributed by atoms with van der Waals surface area (Å²) in [5.41, 5.74) is 1.19. The molecule has 2 N–H and O–H groups in total. The number of carbonyl (C=O) groups is 1. The zero-order valence-electron chi connectivity index (χ0n) is 8.94. The zero-order valence-corrected chi connectivity index (χ0v) is 8.94. The summed E-state index contributed by atoms with van der Waals surface area (Å²) in [7, 11) is 0. The van der Waals surface area contributed by atoms with Crippen molar-refractivity contribution in [1.29, 1.82) is 0 Å². The maximum absolute atomic E-state index is 11.2. The zero-order chi connectivity index (χ0) is 10.4. The lowest BCUT2D eigenvalue weighted by Gasteiger charge is -2.06. The van der Waals surface area contributed by atoms with Crippen LogP contribution in [0.15, 0.2) is 12.2 Å². The number of rotatable bonds is 7. The minimum Gasteiger partial charge on any atom is -0.353 e. The Labute approximate surface area is 86.0 Å². The molecule has 80 valence electrons. The van der Waals surface area contributed by atoms with Gasteiger partial charge in [-0.3, -0.25) is 4.79 Å². The molecule has 0 atom stereocenters. The molecule has 0 radical (unpaired) electrons. The Balaban J connectivity index is 1.91. The summed E-state index contributed by atoms with van der Waals surface area (Å²) >= 11 is 0. The van der Waals surface area contributed by atoms with Gasteiger partial charge in [-0.25, -0.2) is 0 Å². The number of amides is 1. The van der Waals surface area contributed by atoms with E-state index in [0.717, 1.165) is 32.4 Å². The monoisotopic (exact) mass is 196 g/mol. The third kappa shape index (κ3) is 5.02. The molecule has 0 aromatic carbocycles. The molecule has 1 rings (SSSR count). The molecule has 1 amide bonds.